The number of hydrogen-bond acceptors (Lipinski definition) is 5. The highest BCUT2D eigenvalue weighted by molar-refractivity contribution is 7.99. The topological polar surface area (TPSA) is 69.0 Å². The Bertz CT molecular complexity index is 898. The Hall–Kier alpha value is -2.94. The van der Waals surface area contributed by atoms with Gasteiger partial charge in [0.05, 0.1) is 6.42 Å². The molecule has 140 valence electrons. The monoisotopic (exact) mass is 390 g/mol. The average molecular weight is 390 g/mol. The van der Waals surface area contributed by atoms with Crippen molar-refractivity contribution in [2.24, 2.45) is 7.05 Å². The summed E-state index contributed by atoms with van der Waals surface area (Å²) in [5.74, 6) is -0.142. The molecule has 0 radical (unpaired) electrons. The van der Waals surface area contributed by atoms with Gasteiger partial charge < -0.3 is 14.6 Å². The summed E-state index contributed by atoms with van der Waals surface area (Å²) in [6.07, 6.45) is 1.76. The third kappa shape index (κ3) is 5.52. The Kier molecular flexibility index (Phi) is 6.02. The fraction of sp³-hybridized carbons (Fsp3) is 0.167. The van der Waals surface area contributed by atoms with Gasteiger partial charge in [-0.15, -0.1) is 10.2 Å². The highest BCUT2D eigenvalue weighted by atomic mass is 32.2. The lowest BCUT2D eigenvalue weighted by Crippen LogP contribution is -2.14. The zero-order valence-corrected chi connectivity index (χ0v) is 15.1. The number of nitrogens with one attached hydrogen (secondary N) is 1. The van der Waals surface area contributed by atoms with E-state index < -0.39 is 6.61 Å². The van der Waals surface area contributed by atoms with Crippen LogP contribution in [0.1, 0.15) is 5.56 Å². The maximum absolute atomic E-state index is 12.1. The Morgan fingerprint density at radius 1 is 1.19 bits per heavy atom. The van der Waals surface area contributed by atoms with Gasteiger partial charge in [-0.05, 0) is 53.7 Å². The molecular formula is C18H16F2N4O2S. The van der Waals surface area contributed by atoms with Crippen LogP contribution < -0.4 is 10.1 Å². The van der Waals surface area contributed by atoms with E-state index >= 15 is 0 Å². The van der Waals surface area contributed by atoms with Gasteiger partial charge in [-0.25, -0.2) is 0 Å². The van der Waals surface area contributed by atoms with Crippen molar-refractivity contribution in [3.05, 3.63) is 60.4 Å². The number of halogens is 2. The maximum Gasteiger partial charge on any atom is 0.387 e. The van der Waals surface area contributed by atoms with Gasteiger partial charge >= 0.3 is 6.61 Å². The number of ether oxygens (including phenoxy) is 1. The Labute approximate surface area is 158 Å². The average Bonchev–Trinajstić information content (AvgIpc) is 3.03. The molecule has 1 aromatic heterocycles. The molecule has 0 atom stereocenters. The lowest BCUT2D eigenvalue weighted by Gasteiger charge is -2.08. The summed E-state index contributed by atoms with van der Waals surface area (Å²) in [4.78, 5) is 13.1. The molecule has 27 heavy (non-hydrogen) atoms. The van der Waals surface area contributed by atoms with Crippen LogP contribution in [0.25, 0.3) is 0 Å². The summed E-state index contributed by atoms with van der Waals surface area (Å²) in [6, 6.07) is 13.3. The van der Waals surface area contributed by atoms with E-state index in [9.17, 15) is 13.6 Å². The molecule has 0 saturated carbocycles. The minimum atomic E-state index is -2.87. The standard InChI is InChI=1S/C18H16F2N4O2S/c1-24-11-21-23-18(24)27-15-8-4-13(5-9-15)22-16(25)10-12-2-6-14(7-3-12)26-17(19)20/h2-9,11,17H,10H2,1H3,(H,22,25). The Morgan fingerprint density at radius 3 is 2.48 bits per heavy atom. The Morgan fingerprint density at radius 2 is 1.89 bits per heavy atom. The van der Waals surface area contributed by atoms with Crippen LogP contribution >= 0.6 is 11.8 Å². The van der Waals surface area contributed by atoms with Crippen LogP contribution in [0.15, 0.2) is 64.9 Å². The molecule has 0 aliphatic heterocycles. The number of rotatable bonds is 7. The SMILES string of the molecule is Cn1cnnc1Sc1ccc(NC(=O)Cc2ccc(OC(F)F)cc2)cc1. The summed E-state index contributed by atoms with van der Waals surface area (Å²) in [7, 11) is 1.86. The fourth-order valence-electron chi connectivity index (χ4n) is 2.26. The van der Waals surface area contributed by atoms with Crippen LogP contribution in [0.4, 0.5) is 14.5 Å². The molecule has 1 amide bonds. The van der Waals surface area contributed by atoms with E-state index in [1.807, 2.05) is 23.7 Å². The van der Waals surface area contributed by atoms with Crippen LogP contribution in [0.2, 0.25) is 0 Å². The van der Waals surface area contributed by atoms with Crippen LogP contribution in [-0.2, 0) is 18.3 Å². The predicted molar refractivity (Wildman–Crippen MR) is 97.0 cm³/mol. The summed E-state index contributed by atoms with van der Waals surface area (Å²) in [6.45, 7) is -2.87. The van der Waals surface area contributed by atoms with Crippen molar-refractivity contribution in [2.75, 3.05) is 5.32 Å². The number of carbonyl (C=O) groups excluding carboxylic acids is 1. The van der Waals surface area contributed by atoms with E-state index in [1.165, 1.54) is 23.9 Å². The largest absolute Gasteiger partial charge is 0.435 e. The van der Waals surface area contributed by atoms with Gasteiger partial charge in [0.1, 0.15) is 12.1 Å². The van der Waals surface area contributed by atoms with Crippen LogP contribution in [0, 0.1) is 0 Å². The number of anilines is 1. The van der Waals surface area contributed by atoms with Gasteiger partial charge in [-0.3, -0.25) is 4.79 Å². The number of alkyl halides is 2. The molecular weight excluding hydrogens is 374 g/mol. The Balaban J connectivity index is 1.54. The minimum Gasteiger partial charge on any atom is -0.435 e. The minimum absolute atomic E-state index is 0.0603. The normalized spacial score (nSPS) is 10.8. The number of amides is 1. The van der Waals surface area contributed by atoms with E-state index in [0.717, 1.165) is 10.1 Å². The van der Waals surface area contributed by atoms with E-state index in [-0.39, 0.29) is 18.1 Å². The molecule has 3 rings (SSSR count). The van der Waals surface area contributed by atoms with Gasteiger partial charge in [0, 0.05) is 17.6 Å². The van der Waals surface area contributed by atoms with Gasteiger partial charge in [0.2, 0.25) is 5.91 Å². The molecule has 1 heterocycles. The molecule has 1 N–H and O–H groups in total. The van der Waals surface area contributed by atoms with Gasteiger partial charge in [0.15, 0.2) is 5.16 Å². The van der Waals surface area contributed by atoms with Crippen LogP contribution in [-0.4, -0.2) is 27.3 Å². The number of carbonyl (C=O) groups is 1. The van der Waals surface area contributed by atoms with E-state index in [4.69, 9.17) is 0 Å². The zero-order valence-electron chi connectivity index (χ0n) is 14.3. The third-order valence-electron chi connectivity index (χ3n) is 3.53. The molecule has 3 aromatic rings. The fourth-order valence-corrected chi connectivity index (χ4v) is 3.02. The van der Waals surface area contributed by atoms with Crippen LogP contribution in [0.5, 0.6) is 5.75 Å². The molecule has 0 bridgehead atoms. The first-order chi connectivity index (χ1) is 13.0. The number of hydrogen-bond donors (Lipinski definition) is 1. The molecule has 2 aromatic carbocycles. The summed E-state index contributed by atoms with van der Waals surface area (Å²) in [5.41, 5.74) is 1.36. The molecule has 0 spiro atoms. The summed E-state index contributed by atoms with van der Waals surface area (Å²) in [5, 5.41) is 11.4. The number of aryl methyl sites for hydroxylation is 1. The van der Waals surface area contributed by atoms with Crippen molar-refractivity contribution in [2.45, 2.75) is 23.1 Å². The first-order valence-corrected chi connectivity index (χ1v) is 8.77. The van der Waals surface area contributed by atoms with Crippen molar-refractivity contribution in [3.8, 4) is 5.75 Å². The number of aromatic nitrogens is 3. The molecule has 0 unspecified atom stereocenters. The highest BCUT2D eigenvalue weighted by Gasteiger charge is 2.08. The zero-order chi connectivity index (χ0) is 19.2. The second-order valence-corrected chi connectivity index (χ2v) is 6.64. The van der Waals surface area contributed by atoms with Crippen molar-refractivity contribution in [1.29, 1.82) is 0 Å². The van der Waals surface area contributed by atoms with Crippen LogP contribution in [0.3, 0.4) is 0 Å². The molecule has 0 saturated heterocycles. The molecule has 6 nitrogen and oxygen atoms in total. The second-order valence-electron chi connectivity index (χ2n) is 5.60. The lowest BCUT2D eigenvalue weighted by molar-refractivity contribution is -0.115. The smallest absolute Gasteiger partial charge is 0.387 e. The molecule has 0 aliphatic carbocycles. The first-order valence-electron chi connectivity index (χ1n) is 7.95. The van der Waals surface area contributed by atoms with Gasteiger partial charge in [-0.2, -0.15) is 8.78 Å². The van der Waals surface area contributed by atoms with E-state index in [1.54, 1.807) is 30.6 Å². The molecule has 0 aliphatic rings. The summed E-state index contributed by atoms with van der Waals surface area (Å²) < 4.78 is 30.4. The van der Waals surface area contributed by atoms with Gasteiger partial charge in [0.25, 0.3) is 0 Å². The van der Waals surface area contributed by atoms with Crippen molar-refractivity contribution in [1.82, 2.24) is 14.8 Å². The third-order valence-corrected chi connectivity index (χ3v) is 4.59. The van der Waals surface area contributed by atoms with Gasteiger partial charge in [-0.1, -0.05) is 12.1 Å². The first kappa shape index (κ1) is 18.8. The number of benzene rings is 2. The maximum atomic E-state index is 12.1. The summed E-state index contributed by atoms with van der Waals surface area (Å²) >= 11 is 1.47. The molecule has 9 heteroatoms. The van der Waals surface area contributed by atoms with E-state index in [0.29, 0.717) is 11.3 Å². The number of nitrogens with zero attached hydrogens (tertiary/aromatic N) is 3. The highest BCUT2D eigenvalue weighted by Crippen LogP contribution is 2.26. The predicted octanol–water partition coefficient (Wildman–Crippen LogP) is 3.75. The molecule has 0 fully saturated rings. The van der Waals surface area contributed by atoms with E-state index in [2.05, 4.69) is 20.3 Å². The van der Waals surface area contributed by atoms with Crippen molar-refractivity contribution < 1.29 is 18.3 Å². The van der Waals surface area contributed by atoms with Crippen molar-refractivity contribution in [3.63, 3.8) is 0 Å². The second kappa shape index (κ2) is 8.63. The van der Waals surface area contributed by atoms with Crippen molar-refractivity contribution >= 4 is 23.4 Å². The lowest BCUT2D eigenvalue weighted by atomic mass is 10.1. The quantitative estimate of drug-likeness (QED) is 0.665.